The van der Waals surface area contributed by atoms with Gasteiger partial charge in [-0.2, -0.15) is 10.4 Å². The minimum absolute atomic E-state index is 0.162. The van der Waals surface area contributed by atoms with Gasteiger partial charge in [0.05, 0.1) is 37.2 Å². The number of benzene rings is 1. The highest BCUT2D eigenvalue weighted by atomic mass is 31.2. The summed E-state index contributed by atoms with van der Waals surface area (Å²) in [6, 6.07) is 10.2. The van der Waals surface area contributed by atoms with Gasteiger partial charge in [-0.3, -0.25) is 9.05 Å². The number of ether oxygens (including phenoxy) is 3. The molecule has 14 nitrogen and oxygen atoms in total. The molecule has 0 amide bonds. The molecule has 1 aliphatic rings. The Morgan fingerprint density at radius 2 is 1.55 bits per heavy atom. The molecule has 1 fully saturated rings. The maximum atomic E-state index is 13.2. The number of rotatable bonds is 29. The fourth-order valence-electron chi connectivity index (χ4n) is 7.46. The van der Waals surface area contributed by atoms with Gasteiger partial charge < -0.3 is 35.1 Å². The van der Waals surface area contributed by atoms with Crippen molar-refractivity contribution >= 4 is 19.2 Å². The van der Waals surface area contributed by atoms with E-state index in [-0.39, 0.29) is 30.8 Å². The smallest absolute Gasteiger partial charge is 0.472 e. The number of phosphoric ester groups is 1. The lowest BCUT2D eigenvalue weighted by atomic mass is 9.86. The third-order valence-electron chi connectivity index (χ3n) is 10.9. The maximum Gasteiger partial charge on any atom is 0.472 e. The van der Waals surface area contributed by atoms with E-state index in [2.05, 4.69) is 23.1 Å². The van der Waals surface area contributed by atoms with Gasteiger partial charge in [-0.05, 0) is 57.9 Å². The molecule has 1 aromatic carbocycles. The van der Waals surface area contributed by atoms with E-state index in [1.165, 1.54) is 101 Å². The zero-order valence-corrected chi connectivity index (χ0v) is 36.0. The Morgan fingerprint density at radius 3 is 2.14 bits per heavy atom. The third kappa shape index (κ3) is 14.2. The highest BCUT2D eigenvalue weighted by Crippen LogP contribution is 2.48. The molecule has 5 N–H and O–H groups in total. The number of phosphoric acid groups is 1. The minimum Gasteiger partial charge on any atom is -0.489 e. The van der Waals surface area contributed by atoms with Crippen molar-refractivity contribution in [2.24, 2.45) is 0 Å². The molecule has 4 rings (SSSR count). The number of anilines is 1. The van der Waals surface area contributed by atoms with Crippen LogP contribution in [0, 0.1) is 11.3 Å². The van der Waals surface area contributed by atoms with Crippen LogP contribution in [-0.2, 0) is 24.0 Å². The molecule has 0 aliphatic carbocycles. The molecule has 0 spiro atoms. The predicted molar refractivity (Wildman–Crippen MR) is 224 cm³/mol. The highest BCUT2D eigenvalue weighted by molar-refractivity contribution is 7.47. The number of hydrogen-bond donors (Lipinski definition) is 4. The SMILES string of the molecule is CCCCCCCCCCCCCCCCCCC[C@H](COP(=O)(O)OC[C@@]1(C)OC[C@](O)(c2ccc3c(N)ncnn23)[C@@H]1O)Oc1ccc(C#N)c(OC(C)C)c1. The van der Waals surface area contributed by atoms with Gasteiger partial charge in [0.25, 0.3) is 0 Å². The number of nitrogens with two attached hydrogens (primary N) is 1. The third-order valence-corrected chi connectivity index (χ3v) is 11.8. The van der Waals surface area contributed by atoms with Gasteiger partial charge in [-0.1, -0.05) is 110 Å². The molecule has 3 aromatic rings. The Kier molecular flexibility index (Phi) is 19.2. The second-order valence-corrected chi connectivity index (χ2v) is 17.7. The van der Waals surface area contributed by atoms with Crippen LogP contribution in [0.4, 0.5) is 5.82 Å². The van der Waals surface area contributed by atoms with Crippen LogP contribution in [0.15, 0.2) is 36.7 Å². The Balaban J connectivity index is 1.25. The van der Waals surface area contributed by atoms with Gasteiger partial charge in [0.2, 0.25) is 0 Å². The van der Waals surface area contributed by atoms with Crippen LogP contribution in [0.1, 0.15) is 155 Å². The largest absolute Gasteiger partial charge is 0.489 e. The summed E-state index contributed by atoms with van der Waals surface area (Å²) in [4.78, 5) is 14.7. The van der Waals surface area contributed by atoms with E-state index in [0.29, 0.717) is 29.0 Å². The summed E-state index contributed by atoms with van der Waals surface area (Å²) in [7, 11) is -4.70. The molecule has 58 heavy (non-hydrogen) atoms. The molecular formula is C43H68N5O9P. The molecule has 3 heterocycles. The predicted octanol–water partition coefficient (Wildman–Crippen LogP) is 8.93. The van der Waals surface area contributed by atoms with Crippen LogP contribution in [0.25, 0.3) is 5.52 Å². The molecule has 2 aromatic heterocycles. The van der Waals surface area contributed by atoms with Gasteiger partial charge in [0.15, 0.2) is 11.4 Å². The molecule has 5 atom stereocenters. The molecule has 1 saturated heterocycles. The first-order chi connectivity index (χ1) is 27.8. The van der Waals surface area contributed by atoms with Crippen LogP contribution in [0.3, 0.4) is 0 Å². The Morgan fingerprint density at radius 1 is 0.948 bits per heavy atom. The van der Waals surface area contributed by atoms with Gasteiger partial charge in [-0.25, -0.2) is 14.1 Å². The molecule has 0 saturated carbocycles. The average molecular weight is 830 g/mol. The zero-order valence-electron chi connectivity index (χ0n) is 35.1. The van der Waals surface area contributed by atoms with Gasteiger partial charge in [-0.15, -0.1) is 0 Å². The van der Waals surface area contributed by atoms with Crippen molar-refractivity contribution in [3.8, 4) is 17.6 Å². The summed E-state index contributed by atoms with van der Waals surface area (Å²) in [5.41, 5.74) is 3.45. The second kappa shape index (κ2) is 23.5. The fourth-order valence-corrected chi connectivity index (χ4v) is 8.31. The lowest BCUT2D eigenvalue weighted by Crippen LogP contribution is -2.49. The lowest BCUT2D eigenvalue weighted by molar-refractivity contribution is -0.0998. The summed E-state index contributed by atoms with van der Waals surface area (Å²) >= 11 is 0. The summed E-state index contributed by atoms with van der Waals surface area (Å²) in [5.74, 6) is 1.01. The lowest BCUT2D eigenvalue weighted by Gasteiger charge is -2.32. The summed E-state index contributed by atoms with van der Waals surface area (Å²) in [5, 5.41) is 36.6. The first-order valence-corrected chi connectivity index (χ1v) is 22.9. The minimum atomic E-state index is -4.70. The van der Waals surface area contributed by atoms with Crippen LogP contribution >= 0.6 is 7.82 Å². The number of fused-ring (bicyclic) bond motifs is 1. The quantitative estimate of drug-likeness (QED) is 0.0382. The number of aromatic nitrogens is 3. The van der Waals surface area contributed by atoms with Crippen LogP contribution in [0.5, 0.6) is 11.5 Å². The Labute approximate surface area is 345 Å². The van der Waals surface area contributed by atoms with Crippen LogP contribution < -0.4 is 15.2 Å². The van der Waals surface area contributed by atoms with Crippen molar-refractivity contribution in [1.29, 1.82) is 5.26 Å². The van der Waals surface area contributed by atoms with Crippen molar-refractivity contribution in [2.45, 2.75) is 173 Å². The molecule has 0 radical (unpaired) electrons. The van der Waals surface area contributed by atoms with Crippen LogP contribution in [0.2, 0.25) is 0 Å². The normalized spacial score (nSPS) is 21.0. The number of nitrogens with zero attached hydrogens (tertiary/aromatic N) is 4. The zero-order chi connectivity index (χ0) is 42.0. The van der Waals surface area contributed by atoms with Gasteiger partial charge in [0.1, 0.15) is 47.2 Å². The number of nitrogen functional groups attached to an aromatic ring is 1. The summed E-state index contributed by atoms with van der Waals surface area (Å²) < 4.78 is 43.3. The second-order valence-electron chi connectivity index (χ2n) is 16.2. The van der Waals surface area contributed by atoms with Crippen molar-refractivity contribution in [1.82, 2.24) is 14.6 Å². The molecule has 1 unspecified atom stereocenters. The molecule has 324 valence electrons. The van der Waals surface area contributed by atoms with Gasteiger partial charge >= 0.3 is 7.82 Å². The van der Waals surface area contributed by atoms with E-state index in [1.54, 1.807) is 30.3 Å². The summed E-state index contributed by atoms with van der Waals surface area (Å²) in [6.45, 7) is 6.29. The van der Waals surface area contributed by atoms with Crippen molar-refractivity contribution < 1.29 is 42.9 Å². The first kappa shape index (κ1) is 47.4. The number of aliphatic hydroxyl groups excluding tert-OH is 1. The first-order valence-electron chi connectivity index (χ1n) is 21.4. The van der Waals surface area contributed by atoms with E-state index < -0.39 is 37.8 Å². The summed E-state index contributed by atoms with van der Waals surface area (Å²) in [6.07, 6.45) is 20.8. The number of aliphatic hydroxyl groups is 2. The number of unbranched alkanes of at least 4 members (excludes halogenated alkanes) is 16. The standard InChI is InChI=1S/C43H68N5O9P/c1-5-6-7-8-9-10-11-12-13-14-15-16-17-18-19-20-21-22-36(57-35-24-23-34(28-44)38(27-35)56-33(2)3)29-54-58(51,52)55-30-42(4)41(49)43(50,31-53-42)39-26-25-37-40(45)46-32-47-48(37)39/h23-27,32-33,36,41,49-50H,5-22,29-31H2,1-4H3,(H,51,52)(H2,45,46,47)/t36-,41-,42-,43+/m1/s1. The monoisotopic (exact) mass is 829 g/mol. The van der Waals surface area contributed by atoms with Crippen molar-refractivity contribution in [3.05, 3.63) is 47.9 Å². The topological polar surface area (TPSA) is 204 Å². The van der Waals surface area contributed by atoms with E-state index in [4.69, 9.17) is 29.0 Å². The maximum absolute atomic E-state index is 13.2. The average Bonchev–Trinajstić information content (AvgIpc) is 3.74. The van der Waals surface area contributed by atoms with E-state index in [9.17, 15) is 24.9 Å². The Bertz CT molecular complexity index is 1770. The van der Waals surface area contributed by atoms with E-state index >= 15 is 0 Å². The molecule has 0 bridgehead atoms. The molecule has 15 heteroatoms. The van der Waals surface area contributed by atoms with E-state index in [1.807, 2.05) is 13.8 Å². The highest BCUT2D eigenvalue weighted by Gasteiger charge is 2.58. The molecular weight excluding hydrogens is 761 g/mol. The number of hydrogen-bond acceptors (Lipinski definition) is 12. The van der Waals surface area contributed by atoms with E-state index in [0.717, 1.165) is 25.7 Å². The van der Waals surface area contributed by atoms with Gasteiger partial charge in [0, 0.05) is 6.07 Å². The number of nitriles is 1. The Hall–Kier alpha value is -3.28. The van der Waals surface area contributed by atoms with Crippen molar-refractivity contribution in [2.75, 3.05) is 25.6 Å². The molecule has 1 aliphatic heterocycles. The van der Waals surface area contributed by atoms with Crippen LogP contribution in [-0.4, -0.2) is 73.4 Å². The fraction of sp³-hybridized carbons (Fsp3) is 0.698. The van der Waals surface area contributed by atoms with Crippen molar-refractivity contribution in [3.63, 3.8) is 0 Å².